The molecule has 0 aliphatic rings. The van der Waals surface area contributed by atoms with E-state index in [1.165, 1.54) is 0 Å². The molecule has 0 amide bonds. The van der Waals surface area contributed by atoms with Crippen LogP contribution in [0.15, 0.2) is 36.4 Å². The third-order valence-electron chi connectivity index (χ3n) is 0.667. The molecule has 0 atom stereocenters. The predicted molar refractivity (Wildman–Crippen MR) is 74.6 cm³/mol. The van der Waals surface area contributed by atoms with Crippen molar-refractivity contribution in [2.45, 2.75) is 48.5 Å². The van der Waals surface area contributed by atoms with Gasteiger partial charge in [0.15, 0.2) is 0 Å². The molecule has 96 valence electrons. The lowest BCUT2D eigenvalue weighted by Crippen LogP contribution is -1.93. The summed E-state index contributed by atoms with van der Waals surface area (Å²) in [6.07, 6.45) is 0. The molecule has 0 radical (unpaired) electrons. The summed E-state index contributed by atoms with van der Waals surface area (Å²) >= 11 is 0. The van der Waals surface area contributed by atoms with Crippen molar-refractivity contribution in [3.8, 4) is 0 Å². The summed E-state index contributed by atoms with van der Waals surface area (Å²) in [6, 6.07) is 12.0. The predicted octanol–water partition coefficient (Wildman–Crippen LogP) is 5.55. The van der Waals surface area contributed by atoms with Gasteiger partial charge in [-0.15, -0.1) is 0 Å². The second-order valence-electron chi connectivity index (χ2n) is 5.89. The van der Waals surface area contributed by atoms with E-state index in [1.54, 1.807) is 0 Å². The second kappa shape index (κ2) is 12.2. The highest BCUT2D eigenvalue weighted by Gasteiger charge is 1.95. The Hall–Kier alpha value is -0.850. The van der Waals surface area contributed by atoms with Crippen molar-refractivity contribution in [1.82, 2.24) is 0 Å². The zero-order valence-electron chi connectivity index (χ0n) is 11.9. The van der Waals surface area contributed by atoms with Crippen LogP contribution >= 0.6 is 0 Å². The zero-order chi connectivity index (χ0) is 12.3. The Kier molecular flexibility index (Phi) is 15.7. The van der Waals surface area contributed by atoms with Gasteiger partial charge in [0.05, 0.1) is 0 Å². The van der Waals surface area contributed by atoms with Crippen molar-refractivity contribution in [2.75, 3.05) is 0 Å². The van der Waals surface area contributed by atoms with Gasteiger partial charge in [0, 0.05) is 0 Å². The molecule has 0 saturated carbocycles. The summed E-state index contributed by atoms with van der Waals surface area (Å²) in [5, 5.41) is 0. The van der Waals surface area contributed by atoms with Crippen molar-refractivity contribution < 1.29 is 4.70 Å². The van der Waals surface area contributed by atoms with Gasteiger partial charge in [-0.05, 0) is 11.3 Å². The van der Waals surface area contributed by atoms with Crippen molar-refractivity contribution in [3.63, 3.8) is 0 Å². The lowest BCUT2D eigenvalue weighted by molar-refractivity contribution is 0.469. The Balaban J connectivity index is -0.000000158. The molecule has 0 unspecified atom stereocenters. The molecule has 1 heteroatoms. The highest BCUT2D eigenvalue weighted by Crippen LogP contribution is 2.08. The van der Waals surface area contributed by atoms with Crippen LogP contribution in [-0.4, -0.2) is 0 Å². The third kappa shape index (κ3) is 73.2. The molecule has 0 N–H and O–H groups in total. The first-order valence-corrected chi connectivity index (χ1v) is 5.73. The van der Waals surface area contributed by atoms with E-state index in [4.69, 9.17) is 0 Å². The summed E-state index contributed by atoms with van der Waals surface area (Å²) < 4.78 is 0. The van der Waals surface area contributed by atoms with E-state index in [1.807, 2.05) is 36.4 Å². The standard InChI is InChI=1S/C6H6.C5H12.C4H10.FH/c1-2-4-6-5-3-1;1-5(2,3)4;1-4(2)3;/h1-6H;1-4H3;4H,1-3H3;1H. The Morgan fingerprint density at radius 2 is 0.688 bits per heavy atom. The molecule has 0 aliphatic heterocycles. The van der Waals surface area contributed by atoms with Gasteiger partial charge in [0.1, 0.15) is 0 Å². The first-order valence-electron chi connectivity index (χ1n) is 5.73. The quantitative estimate of drug-likeness (QED) is 0.546. The van der Waals surface area contributed by atoms with E-state index in [0.717, 1.165) is 5.92 Å². The summed E-state index contributed by atoms with van der Waals surface area (Å²) in [7, 11) is 0. The monoisotopic (exact) mass is 228 g/mol. The number of benzene rings is 1. The largest absolute Gasteiger partial charge is 0.269 e. The van der Waals surface area contributed by atoms with E-state index in [-0.39, 0.29) is 4.70 Å². The molecule has 0 saturated heterocycles. The van der Waals surface area contributed by atoms with E-state index in [0.29, 0.717) is 5.41 Å². The van der Waals surface area contributed by atoms with Gasteiger partial charge < -0.3 is 0 Å². The first-order chi connectivity index (χ1) is 6.73. The fourth-order valence-electron chi connectivity index (χ4n) is 0.385. The Morgan fingerprint density at radius 1 is 0.625 bits per heavy atom. The zero-order valence-corrected chi connectivity index (χ0v) is 11.9. The van der Waals surface area contributed by atoms with E-state index >= 15 is 0 Å². The van der Waals surface area contributed by atoms with Crippen LogP contribution in [0.2, 0.25) is 0 Å². The molecule has 1 rings (SSSR count). The van der Waals surface area contributed by atoms with Crippen molar-refractivity contribution in [2.24, 2.45) is 11.3 Å². The second-order valence-corrected chi connectivity index (χ2v) is 5.89. The lowest BCUT2D eigenvalue weighted by atomic mass is 10.0. The van der Waals surface area contributed by atoms with Crippen LogP contribution in [-0.2, 0) is 0 Å². The van der Waals surface area contributed by atoms with Gasteiger partial charge in [-0.25, -0.2) is 0 Å². The third-order valence-corrected chi connectivity index (χ3v) is 0.667. The van der Waals surface area contributed by atoms with E-state index < -0.39 is 0 Å². The normalized spacial score (nSPS) is 9.00. The van der Waals surface area contributed by atoms with E-state index in [9.17, 15) is 0 Å². The van der Waals surface area contributed by atoms with Crippen LogP contribution in [0.3, 0.4) is 0 Å². The summed E-state index contributed by atoms with van der Waals surface area (Å²) in [5.41, 5.74) is 0.500. The molecule has 16 heavy (non-hydrogen) atoms. The summed E-state index contributed by atoms with van der Waals surface area (Å²) in [5.74, 6) is 0.833. The number of hydrogen-bond acceptors (Lipinski definition) is 0. The SMILES string of the molecule is CC(C)(C)C.CC(C)C.F.c1ccccc1. The van der Waals surface area contributed by atoms with Crippen LogP contribution in [0.25, 0.3) is 0 Å². The molecule has 1 aromatic rings. The minimum absolute atomic E-state index is 0. The van der Waals surface area contributed by atoms with Gasteiger partial charge in [-0.3, -0.25) is 4.70 Å². The molecule has 1 aromatic carbocycles. The fraction of sp³-hybridized carbons (Fsp3) is 0.600. The first kappa shape index (κ1) is 20.5. The van der Waals surface area contributed by atoms with Crippen LogP contribution in [0.5, 0.6) is 0 Å². The highest BCUT2D eigenvalue weighted by molar-refractivity contribution is 4.99. The maximum Gasteiger partial charge on any atom is -0.0411 e. The van der Waals surface area contributed by atoms with Gasteiger partial charge in [0.2, 0.25) is 0 Å². The highest BCUT2D eigenvalue weighted by atomic mass is 19.0. The van der Waals surface area contributed by atoms with Crippen LogP contribution in [0, 0.1) is 11.3 Å². The molecule has 0 spiro atoms. The average Bonchev–Trinajstić information content (AvgIpc) is 2.03. The summed E-state index contributed by atoms with van der Waals surface area (Å²) in [6.45, 7) is 15.2. The van der Waals surface area contributed by atoms with Gasteiger partial charge in [0.25, 0.3) is 0 Å². The molecule has 0 heterocycles. The van der Waals surface area contributed by atoms with Crippen molar-refractivity contribution in [1.29, 1.82) is 0 Å². The topological polar surface area (TPSA) is 0 Å². The molecule has 0 fully saturated rings. The molecule has 0 aliphatic carbocycles. The Bertz CT molecular complexity index is 161. The lowest BCUT2D eigenvalue weighted by Gasteiger charge is -2.05. The smallest absolute Gasteiger partial charge is 0.0411 e. The molecule has 0 aromatic heterocycles. The van der Waals surface area contributed by atoms with Crippen LogP contribution in [0.1, 0.15) is 48.5 Å². The van der Waals surface area contributed by atoms with E-state index in [2.05, 4.69) is 48.5 Å². The van der Waals surface area contributed by atoms with Crippen molar-refractivity contribution in [3.05, 3.63) is 36.4 Å². The minimum Gasteiger partial charge on any atom is -0.269 e. The average molecular weight is 228 g/mol. The number of rotatable bonds is 0. The van der Waals surface area contributed by atoms with Crippen molar-refractivity contribution >= 4 is 0 Å². The van der Waals surface area contributed by atoms with Crippen LogP contribution in [0.4, 0.5) is 4.70 Å². The Morgan fingerprint density at radius 3 is 0.750 bits per heavy atom. The number of halogens is 1. The molecule has 0 bridgehead atoms. The van der Waals surface area contributed by atoms with Gasteiger partial charge >= 0.3 is 0 Å². The van der Waals surface area contributed by atoms with Gasteiger partial charge in [-0.2, -0.15) is 0 Å². The summed E-state index contributed by atoms with van der Waals surface area (Å²) in [4.78, 5) is 0. The molecular formula is C15H29F. The maximum atomic E-state index is 2.19. The Labute approximate surface area is 101 Å². The fourth-order valence-corrected chi connectivity index (χ4v) is 0.385. The minimum atomic E-state index is 0. The maximum absolute atomic E-state index is 2.19. The van der Waals surface area contributed by atoms with Crippen LogP contribution < -0.4 is 0 Å². The molecular weight excluding hydrogens is 199 g/mol. The van der Waals surface area contributed by atoms with Gasteiger partial charge in [-0.1, -0.05) is 84.9 Å². The number of hydrogen-bond donors (Lipinski definition) is 0. The molecule has 0 nitrogen and oxygen atoms in total.